The van der Waals surface area contributed by atoms with E-state index in [0.717, 1.165) is 27.8 Å². The van der Waals surface area contributed by atoms with Crippen LogP contribution in [0.2, 0.25) is 0 Å². The van der Waals surface area contributed by atoms with Gasteiger partial charge in [-0.2, -0.15) is 0 Å². The van der Waals surface area contributed by atoms with Gasteiger partial charge in [0.1, 0.15) is 5.82 Å². The smallest absolute Gasteiger partial charge is 0.254 e. The summed E-state index contributed by atoms with van der Waals surface area (Å²) in [5.41, 5.74) is 2.68. The number of hydrogen-bond acceptors (Lipinski definition) is 5. The van der Waals surface area contributed by atoms with Crippen LogP contribution in [0.5, 0.6) is 5.88 Å². The first-order valence-electron chi connectivity index (χ1n) is 7.06. The summed E-state index contributed by atoms with van der Waals surface area (Å²) in [6.45, 7) is 4.00. The Morgan fingerprint density at radius 1 is 1.50 bits per heavy atom. The zero-order valence-corrected chi connectivity index (χ0v) is 14.1. The van der Waals surface area contributed by atoms with E-state index in [1.807, 2.05) is 13.0 Å². The zero-order valence-electron chi connectivity index (χ0n) is 12.5. The van der Waals surface area contributed by atoms with Gasteiger partial charge in [-0.25, -0.2) is 9.97 Å². The molecule has 0 aliphatic carbocycles. The molecule has 6 nitrogen and oxygen atoms in total. The Hall–Kier alpha value is -1.73. The molecule has 0 saturated heterocycles. The van der Waals surface area contributed by atoms with Crippen LogP contribution in [0.15, 0.2) is 21.5 Å². The molecule has 3 rings (SSSR count). The number of pyridine rings is 1. The van der Waals surface area contributed by atoms with Crippen LogP contribution < -0.4 is 10.3 Å². The maximum atomic E-state index is 11.9. The normalized spacial score (nSPS) is 14.7. The van der Waals surface area contributed by atoms with Crippen molar-refractivity contribution < 1.29 is 4.74 Å². The number of aromatic amines is 1. The number of nitrogens with zero attached hydrogens (tertiary/aromatic N) is 3. The van der Waals surface area contributed by atoms with Crippen LogP contribution >= 0.6 is 15.9 Å². The molecule has 0 saturated carbocycles. The molecule has 0 spiro atoms. The molecule has 1 aliphatic rings. The lowest BCUT2D eigenvalue weighted by atomic mass is 10.1. The molecule has 2 aromatic rings. The molecular formula is C15H17BrN4O2. The van der Waals surface area contributed by atoms with Crippen molar-refractivity contribution in [2.75, 3.05) is 13.7 Å². The van der Waals surface area contributed by atoms with Crippen LogP contribution in [-0.4, -0.2) is 33.5 Å². The van der Waals surface area contributed by atoms with Crippen LogP contribution in [0, 0.1) is 6.92 Å². The molecule has 0 unspecified atom stereocenters. The highest BCUT2D eigenvalue weighted by atomic mass is 79.9. The Bertz CT molecular complexity index is 760. The molecule has 0 atom stereocenters. The highest BCUT2D eigenvalue weighted by Crippen LogP contribution is 2.23. The van der Waals surface area contributed by atoms with E-state index in [1.165, 1.54) is 0 Å². The molecule has 22 heavy (non-hydrogen) atoms. The first kappa shape index (κ1) is 15.2. The van der Waals surface area contributed by atoms with Gasteiger partial charge in [0.2, 0.25) is 5.88 Å². The third-order valence-corrected chi connectivity index (χ3v) is 4.18. The summed E-state index contributed by atoms with van der Waals surface area (Å²) >= 11 is 3.44. The highest BCUT2D eigenvalue weighted by Gasteiger charge is 2.21. The van der Waals surface area contributed by atoms with E-state index in [-0.39, 0.29) is 5.56 Å². The van der Waals surface area contributed by atoms with E-state index in [1.54, 1.807) is 13.3 Å². The van der Waals surface area contributed by atoms with E-state index in [2.05, 4.69) is 35.8 Å². The topological polar surface area (TPSA) is 71.1 Å². The predicted octanol–water partition coefficient (Wildman–Crippen LogP) is 1.80. The van der Waals surface area contributed by atoms with Crippen LogP contribution in [0.1, 0.15) is 22.6 Å². The number of fused-ring (bicyclic) bond motifs is 1. The third-order valence-electron chi connectivity index (χ3n) is 3.75. The summed E-state index contributed by atoms with van der Waals surface area (Å²) in [7, 11) is 1.62. The third kappa shape index (κ3) is 3.05. The number of methoxy groups -OCH3 is 1. The van der Waals surface area contributed by atoms with Crippen molar-refractivity contribution in [3.8, 4) is 5.88 Å². The van der Waals surface area contributed by atoms with Crippen molar-refractivity contribution in [2.45, 2.75) is 26.4 Å². The molecule has 116 valence electrons. The maximum absolute atomic E-state index is 11.9. The van der Waals surface area contributed by atoms with E-state index < -0.39 is 0 Å². The van der Waals surface area contributed by atoms with Gasteiger partial charge >= 0.3 is 0 Å². The molecule has 7 heteroatoms. The van der Waals surface area contributed by atoms with E-state index >= 15 is 0 Å². The van der Waals surface area contributed by atoms with Crippen molar-refractivity contribution in [2.24, 2.45) is 0 Å². The molecule has 1 aliphatic heterocycles. The van der Waals surface area contributed by atoms with Gasteiger partial charge in [0.25, 0.3) is 5.56 Å². The van der Waals surface area contributed by atoms with Gasteiger partial charge in [0.15, 0.2) is 0 Å². The van der Waals surface area contributed by atoms with Crippen LogP contribution in [0.4, 0.5) is 0 Å². The van der Waals surface area contributed by atoms with Gasteiger partial charge in [-0.1, -0.05) is 0 Å². The minimum atomic E-state index is -0.0103. The lowest BCUT2D eigenvalue weighted by Gasteiger charge is -2.27. The number of halogens is 1. The maximum Gasteiger partial charge on any atom is 0.254 e. The van der Waals surface area contributed by atoms with E-state index in [0.29, 0.717) is 31.2 Å². The van der Waals surface area contributed by atoms with E-state index in [9.17, 15) is 4.79 Å². The summed E-state index contributed by atoms with van der Waals surface area (Å²) in [4.78, 5) is 25.7. The monoisotopic (exact) mass is 364 g/mol. The van der Waals surface area contributed by atoms with Crippen molar-refractivity contribution >= 4 is 15.9 Å². The summed E-state index contributed by atoms with van der Waals surface area (Å²) in [6, 6.07) is 2.01. The second-order valence-electron chi connectivity index (χ2n) is 5.36. The Balaban J connectivity index is 1.84. The first-order valence-corrected chi connectivity index (χ1v) is 7.85. The Kier molecular flexibility index (Phi) is 4.26. The van der Waals surface area contributed by atoms with Crippen LogP contribution in [0.25, 0.3) is 0 Å². The lowest BCUT2D eigenvalue weighted by molar-refractivity contribution is 0.235. The number of rotatable bonds is 3. The van der Waals surface area contributed by atoms with Gasteiger partial charge in [-0.05, 0) is 35.3 Å². The second-order valence-corrected chi connectivity index (χ2v) is 6.27. The fraction of sp³-hybridized carbons (Fsp3) is 0.400. The second kappa shape index (κ2) is 6.18. The lowest BCUT2D eigenvalue weighted by Crippen LogP contribution is -2.35. The Morgan fingerprint density at radius 2 is 2.32 bits per heavy atom. The Labute approximate surface area is 136 Å². The molecule has 0 radical (unpaired) electrons. The molecule has 2 aromatic heterocycles. The van der Waals surface area contributed by atoms with Crippen molar-refractivity contribution in [3.63, 3.8) is 0 Å². The summed E-state index contributed by atoms with van der Waals surface area (Å²) in [6.07, 6.45) is 2.43. The fourth-order valence-electron chi connectivity index (χ4n) is 2.76. The molecule has 3 heterocycles. The Morgan fingerprint density at radius 3 is 3.09 bits per heavy atom. The molecule has 0 fully saturated rings. The summed E-state index contributed by atoms with van der Waals surface area (Å²) < 4.78 is 6.24. The average molecular weight is 365 g/mol. The van der Waals surface area contributed by atoms with Gasteiger partial charge in [-0.15, -0.1) is 0 Å². The fourth-order valence-corrected chi connectivity index (χ4v) is 3.14. The van der Waals surface area contributed by atoms with Gasteiger partial charge in [0.05, 0.1) is 12.8 Å². The van der Waals surface area contributed by atoms with Crippen molar-refractivity contribution in [1.82, 2.24) is 19.9 Å². The molecule has 0 amide bonds. The van der Waals surface area contributed by atoms with Gasteiger partial charge in [0, 0.05) is 41.4 Å². The molecule has 0 bridgehead atoms. The quantitative estimate of drug-likeness (QED) is 0.898. The number of ether oxygens (including phenoxy) is 1. The van der Waals surface area contributed by atoms with Crippen LogP contribution in [0.3, 0.4) is 0 Å². The molecule has 1 N–H and O–H groups in total. The standard InChI is InChI=1S/C15H17BrN4O2/c1-9-18-13-8-20(4-3-12(13)14(21)19-9)7-10-5-11(16)6-17-15(10)22-2/h5-6H,3-4,7-8H2,1-2H3,(H,18,19,21). The molecular weight excluding hydrogens is 348 g/mol. The number of nitrogens with one attached hydrogen (secondary N) is 1. The van der Waals surface area contributed by atoms with E-state index in [4.69, 9.17) is 4.74 Å². The average Bonchev–Trinajstić information content (AvgIpc) is 2.47. The first-order chi connectivity index (χ1) is 10.6. The minimum absolute atomic E-state index is 0.0103. The van der Waals surface area contributed by atoms with Crippen molar-refractivity contribution in [1.29, 1.82) is 0 Å². The van der Waals surface area contributed by atoms with Crippen LogP contribution in [-0.2, 0) is 19.5 Å². The van der Waals surface area contributed by atoms with Gasteiger partial charge < -0.3 is 9.72 Å². The SMILES string of the molecule is COc1ncc(Br)cc1CN1CCc2c(nc(C)[nH]c2=O)C1. The summed E-state index contributed by atoms with van der Waals surface area (Å²) in [5.74, 6) is 1.29. The molecule has 0 aromatic carbocycles. The number of hydrogen-bond donors (Lipinski definition) is 1. The minimum Gasteiger partial charge on any atom is -0.481 e. The zero-order chi connectivity index (χ0) is 15.7. The largest absolute Gasteiger partial charge is 0.481 e. The number of aryl methyl sites for hydroxylation is 1. The number of aromatic nitrogens is 3. The predicted molar refractivity (Wildman–Crippen MR) is 85.9 cm³/mol. The van der Waals surface area contributed by atoms with Gasteiger partial charge in [-0.3, -0.25) is 9.69 Å². The highest BCUT2D eigenvalue weighted by molar-refractivity contribution is 9.10. The summed E-state index contributed by atoms with van der Waals surface area (Å²) in [5, 5.41) is 0. The van der Waals surface area contributed by atoms with Crippen molar-refractivity contribution in [3.05, 3.63) is 49.7 Å². The number of H-pyrrole nitrogens is 1.